The van der Waals surface area contributed by atoms with Crippen LogP contribution in [0.3, 0.4) is 0 Å². The molecule has 1 aromatic carbocycles. The first-order valence-corrected chi connectivity index (χ1v) is 11.0. The fraction of sp³-hybridized carbons (Fsp3) is 0.389. The Balaban J connectivity index is 1.73. The first-order chi connectivity index (χ1) is 13.1. The number of nitrogens with zero attached hydrogens (tertiary/aromatic N) is 3. The molecule has 28 heavy (non-hydrogen) atoms. The third kappa shape index (κ3) is 4.24. The molecule has 0 unspecified atom stereocenters. The van der Waals surface area contributed by atoms with E-state index in [4.69, 9.17) is 27.9 Å². The normalized spacial score (nSPS) is 18.4. The summed E-state index contributed by atoms with van der Waals surface area (Å²) in [6, 6.07) is 7.93. The molecule has 0 saturated carbocycles. The Kier molecular flexibility index (Phi) is 5.84. The van der Waals surface area contributed by atoms with Crippen molar-refractivity contribution in [3.63, 3.8) is 0 Å². The average molecular weight is 444 g/mol. The van der Waals surface area contributed by atoms with Crippen molar-refractivity contribution in [2.75, 3.05) is 18.8 Å². The van der Waals surface area contributed by atoms with Crippen molar-refractivity contribution in [1.29, 1.82) is 0 Å². The van der Waals surface area contributed by atoms with Crippen LogP contribution in [0, 0.1) is 0 Å². The molecule has 1 aliphatic heterocycles. The number of hydrogen-bond donors (Lipinski definition) is 0. The van der Waals surface area contributed by atoms with E-state index in [9.17, 15) is 13.2 Å². The minimum atomic E-state index is -3.27. The Labute approximate surface area is 173 Å². The van der Waals surface area contributed by atoms with E-state index in [0.717, 1.165) is 0 Å². The van der Waals surface area contributed by atoms with Crippen molar-refractivity contribution in [1.82, 2.24) is 15.1 Å². The molecule has 2 heterocycles. The molecule has 1 fully saturated rings. The van der Waals surface area contributed by atoms with Gasteiger partial charge in [-0.1, -0.05) is 29.3 Å². The number of rotatable bonds is 3. The minimum absolute atomic E-state index is 0.0758. The van der Waals surface area contributed by atoms with Gasteiger partial charge in [0.05, 0.1) is 15.5 Å². The molecular weight excluding hydrogens is 425 g/mol. The molecule has 0 radical (unpaired) electrons. The highest BCUT2D eigenvalue weighted by Gasteiger charge is 2.38. The molecule has 1 amide bonds. The zero-order valence-electron chi connectivity index (χ0n) is 15.4. The van der Waals surface area contributed by atoms with Gasteiger partial charge in [-0.3, -0.25) is 4.79 Å². The molecule has 2 aromatic rings. The number of carbonyl (C=O) groups is 1. The topological polar surface area (TPSA) is 89.5 Å². The van der Waals surface area contributed by atoms with Crippen LogP contribution in [0.5, 0.6) is 11.6 Å². The third-order valence-electron chi connectivity index (χ3n) is 4.73. The largest absolute Gasteiger partial charge is 0.436 e. The molecule has 1 saturated heterocycles. The Morgan fingerprint density at radius 1 is 1.14 bits per heavy atom. The van der Waals surface area contributed by atoms with Crippen molar-refractivity contribution in [2.24, 2.45) is 0 Å². The zero-order valence-corrected chi connectivity index (χ0v) is 17.7. The lowest BCUT2D eigenvalue weighted by molar-refractivity contribution is 0.0757. The summed E-state index contributed by atoms with van der Waals surface area (Å²) < 4.78 is 29.3. The minimum Gasteiger partial charge on any atom is -0.436 e. The van der Waals surface area contributed by atoms with Crippen LogP contribution in [-0.2, 0) is 9.84 Å². The quantitative estimate of drug-likeness (QED) is 0.719. The molecular formula is C18H19Cl2N3O4S. The van der Waals surface area contributed by atoms with E-state index in [1.165, 1.54) is 17.0 Å². The molecule has 0 atom stereocenters. The average Bonchev–Trinajstić information content (AvgIpc) is 2.75. The maximum Gasteiger partial charge on any atom is 0.274 e. The number of halogens is 2. The molecule has 0 N–H and O–H groups in total. The lowest BCUT2D eigenvalue weighted by Gasteiger charge is -2.22. The summed E-state index contributed by atoms with van der Waals surface area (Å²) in [4.78, 5) is 14.2. The molecule has 7 nitrogen and oxygen atoms in total. The Morgan fingerprint density at radius 3 is 2.57 bits per heavy atom. The molecule has 10 heteroatoms. The number of aromatic nitrogens is 2. The smallest absolute Gasteiger partial charge is 0.274 e. The van der Waals surface area contributed by atoms with Gasteiger partial charge in [0, 0.05) is 19.2 Å². The second-order valence-electron chi connectivity index (χ2n) is 7.03. The highest BCUT2D eigenvalue weighted by Crippen LogP contribution is 2.34. The van der Waals surface area contributed by atoms with Crippen LogP contribution in [0.15, 0.2) is 30.3 Å². The molecule has 150 valence electrons. The Hall–Kier alpha value is -1.90. The van der Waals surface area contributed by atoms with E-state index in [0.29, 0.717) is 23.7 Å². The number of hydrogen-bond acceptors (Lipinski definition) is 6. The second-order valence-corrected chi connectivity index (χ2v) is 10.6. The van der Waals surface area contributed by atoms with Gasteiger partial charge in [0.15, 0.2) is 15.5 Å². The summed E-state index contributed by atoms with van der Waals surface area (Å²) in [7, 11) is -3.27. The summed E-state index contributed by atoms with van der Waals surface area (Å²) in [5.41, 5.74) is 0.113. The van der Waals surface area contributed by atoms with Gasteiger partial charge in [-0.05, 0) is 38.5 Å². The molecule has 3 rings (SSSR count). The van der Waals surface area contributed by atoms with Crippen LogP contribution in [-0.4, -0.2) is 53.0 Å². The molecule has 0 aliphatic carbocycles. The van der Waals surface area contributed by atoms with Gasteiger partial charge in [0.1, 0.15) is 10.8 Å². The molecule has 1 aliphatic rings. The van der Waals surface area contributed by atoms with Crippen LogP contribution in [0.2, 0.25) is 10.0 Å². The van der Waals surface area contributed by atoms with Gasteiger partial charge >= 0.3 is 0 Å². The van der Waals surface area contributed by atoms with Crippen molar-refractivity contribution < 1.29 is 17.9 Å². The van der Waals surface area contributed by atoms with Gasteiger partial charge in [-0.25, -0.2) is 8.42 Å². The summed E-state index contributed by atoms with van der Waals surface area (Å²) in [6.45, 7) is 3.83. The summed E-state index contributed by atoms with van der Waals surface area (Å²) in [5, 5.41) is 8.41. The van der Waals surface area contributed by atoms with Crippen molar-refractivity contribution in [2.45, 2.75) is 25.0 Å². The van der Waals surface area contributed by atoms with Crippen LogP contribution >= 0.6 is 23.2 Å². The van der Waals surface area contributed by atoms with Crippen LogP contribution in [0.4, 0.5) is 0 Å². The molecule has 0 bridgehead atoms. The Morgan fingerprint density at radius 2 is 1.89 bits per heavy atom. The lowest BCUT2D eigenvalue weighted by Crippen LogP contribution is -2.34. The van der Waals surface area contributed by atoms with Crippen LogP contribution in [0.25, 0.3) is 0 Å². The van der Waals surface area contributed by atoms with E-state index in [-0.39, 0.29) is 34.8 Å². The SMILES string of the molecule is CC1(C)CCN(C(=O)c2ccc(Oc3cccc(Cl)c3Cl)nn2)CCS1(=O)=O. The second kappa shape index (κ2) is 7.85. The predicted molar refractivity (Wildman–Crippen MR) is 107 cm³/mol. The lowest BCUT2D eigenvalue weighted by atomic mass is 10.1. The van der Waals surface area contributed by atoms with Crippen LogP contribution in [0.1, 0.15) is 30.8 Å². The first kappa shape index (κ1) is 20.8. The van der Waals surface area contributed by atoms with Gasteiger partial charge < -0.3 is 9.64 Å². The van der Waals surface area contributed by atoms with Crippen molar-refractivity contribution >= 4 is 38.9 Å². The fourth-order valence-corrected chi connectivity index (χ4v) is 4.45. The monoisotopic (exact) mass is 443 g/mol. The third-order valence-corrected chi connectivity index (χ3v) is 8.14. The summed E-state index contributed by atoms with van der Waals surface area (Å²) >= 11 is 12.0. The number of benzene rings is 1. The van der Waals surface area contributed by atoms with E-state index in [1.54, 1.807) is 32.0 Å². The van der Waals surface area contributed by atoms with E-state index in [2.05, 4.69) is 10.2 Å². The van der Waals surface area contributed by atoms with E-state index < -0.39 is 14.6 Å². The van der Waals surface area contributed by atoms with Crippen LogP contribution < -0.4 is 4.74 Å². The first-order valence-electron chi connectivity index (χ1n) is 8.58. The zero-order chi connectivity index (χ0) is 20.5. The molecule has 0 spiro atoms. The summed E-state index contributed by atoms with van der Waals surface area (Å²) in [5.74, 6) is 0.0312. The molecule has 1 aromatic heterocycles. The van der Waals surface area contributed by atoms with Gasteiger partial charge in [0.25, 0.3) is 5.91 Å². The number of amides is 1. The Bertz CT molecular complexity index is 994. The summed E-state index contributed by atoms with van der Waals surface area (Å²) in [6.07, 6.45) is 0.364. The number of sulfone groups is 1. The maximum atomic E-state index is 12.7. The highest BCUT2D eigenvalue weighted by molar-refractivity contribution is 7.92. The number of carbonyl (C=O) groups excluding carboxylic acids is 1. The maximum absolute atomic E-state index is 12.7. The highest BCUT2D eigenvalue weighted by atomic mass is 35.5. The van der Waals surface area contributed by atoms with Gasteiger partial charge in [-0.15, -0.1) is 10.2 Å². The fourth-order valence-electron chi connectivity index (χ4n) is 2.71. The number of ether oxygens (including phenoxy) is 1. The van der Waals surface area contributed by atoms with Gasteiger partial charge in [-0.2, -0.15) is 0 Å². The van der Waals surface area contributed by atoms with E-state index in [1.807, 2.05) is 0 Å². The standard InChI is InChI=1S/C18H19Cl2N3O4S/c1-18(2)8-9-23(10-11-28(18,25)26)17(24)13-6-7-15(22-21-13)27-14-5-3-4-12(19)16(14)20/h3-7H,8-11H2,1-2H3. The van der Waals surface area contributed by atoms with Gasteiger partial charge in [0.2, 0.25) is 5.88 Å². The van der Waals surface area contributed by atoms with Crippen molar-refractivity contribution in [3.8, 4) is 11.6 Å². The van der Waals surface area contributed by atoms with Crippen molar-refractivity contribution in [3.05, 3.63) is 46.1 Å². The predicted octanol–water partition coefficient (Wildman–Crippen LogP) is 3.62. The van der Waals surface area contributed by atoms with E-state index >= 15 is 0 Å².